The third-order valence-corrected chi connectivity index (χ3v) is 6.37. The number of nitrogens with zero attached hydrogens (tertiary/aromatic N) is 3. The van der Waals surface area contributed by atoms with Gasteiger partial charge in [0.15, 0.2) is 5.65 Å². The summed E-state index contributed by atoms with van der Waals surface area (Å²) in [6.07, 6.45) is 6.57. The molecule has 0 spiro atoms. The van der Waals surface area contributed by atoms with Crippen molar-refractivity contribution in [2.45, 2.75) is 44.9 Å². The number of hydrogen-bond acceptors (Lipinski definition) is 4. The van der Waals surface area contributed by atoms with Gasteiger partial charge in [0.05, 0.1) is 5.69 Å². The number of aromatic amines is 1. The molecule has 1 saturated heterocycles. The molecule has 0 unspecified atom stereocenters. The number of hydrogen-bond donors (Lipinski definition) is 3. The third-order valence-electron chi connectivity index (χ3n) is 6.37. The highest BCUT2D eigenvalue weighted by atomic mass is 16.2. The molecule has 5 rings (SSSR count). The largest absolute Gasteiger partial charge is 0.396 e. The second-order valence-corrected chi connectivity index (χ2v) is 8.65. The first kappa shape index (κ1) is 19.3. The van der Waals surface area contributed by atoms with Gasteiger partial charge in [0, 0.05) is 29.3 Å². The van der Waals surface area contributed by atoms with Crippen molar-refractivity contribution in [3.8, 4) is 11.3 Å². The van der Waals surface area contributed by atoms with Gasteiger partial charge in [-0.1, -0.05) is 19.9 Å². The third kappa shape index (κ3) is 3.30. The van der Waals surface area contributed by atoms with Gasteiger partial charge >= 0.3 is 0 Å². The monoisotopic (exact) mass is 403 g/mol. The molecule has 0 amide bonds. The summed E-state index contributed by atoms with van der Waals surface area (Å²) in [6, 6.07) is 9.08. The van der Waals surface area contributed by atoms with Gasteiger partial charge in [0.2, 0.25) is 0 Å². The van der Waals surface area contributed by atoms with Gasteiger partial charge in [-0.05, 0) is 79.1 Å². The molecule has 6 nitrogen and oxygen atoms in total. The normalized spacial score (nSPS) is 15.6. The molecule has 30 heavy (non-hydrogen) atoms. The number of aromatic nitrogens is 4. The van der Waals surface area contributed by atoms with Crippen molar-refractivity contribution in [2.75, 3.05) is 19.7 Å². The van der Waals surface area contributed by atoms with Gasteiger partial charge < -0.3 is 15.4 Å². The molecule has 3 aromatic heterocycles. The van der Waals surface area contributed by atoms with Gasteiger partial charge in [-0.25, -0.2) is 9.50 Å². The maximum atomic E-state index is 9.52. The fraction of sp³-hybridized carbons (Fsp3) is 0.417. The van der Waals surface area contributed by atoms with Crippen molar-refractivity contribution in [2.24, 2.45) is 0 Å². The fourth-order valence-corrected chi connectivity index (χ4v) is 4.90. The Morgan fingerprint density at radius 3 is 2.80 bits per heavy atom. The van der Waals surface area contributed by atoms with E-state index in [0.717, 1.165) is 35.6 Å². The van der Waals surface area contributed by atoms with Crippen LogP contribution in [0.2, 0.25) is 0 Å². The lowest BCUT2D eigenvalue weighted by atomic mass is 9.88. The van der Waals surface area contributed by atoms with Crippen LogP contribution < -0.4 is 5.32 Å². The Morgan fingerprint density at radius 1 is 1.20 bits per heavy atom. The molecule has 1 fully saturated rings. The van der Waals surface area contributed by atoms with E-state index < -0.39 is 0 Å². The van der Waals surface area contributed by atoms with E-state index in [9.17, 15) is 5.11 Å². The Bertz CT molecular complexity index is 1180. The smallest absolute Gasteiger partial charge is 0.158 e. The topological polar surface area (TPSA) is 78.2 Å². The first-order valence-corrected chi connectivity index (χ1v) is 11.0. The lowest BCUT2D eigenvalue weighted by Crippen LogP contribution is -2.26. The predicted octanol–water partition coefficient (Wildman–Crippen LogP) is 4.00. The average molecular weight is 404 g/mol. The molecule has 0 aliphatic carbocycles. The Hall–Kier alpha value is -2.70. The number of aliphatic hydroxyl groups is 1. The molecular formula is C24H29N5O. The Kier molecular flexibility index (Phi) is 5.05. The molecule has 156 valence electrons. The van der Waals surface area contributed by atoms with Crippen molar-refractivity contribution >= 4 is 16.6 Å². The number of benzene rings is 1. The van der Waals surface area contributed by atoms with Crippen LogP contribution in [-0.4, -0.2) is 44.4 Å². The van der Waals surface area contributed by atoms with E-state index in [0.29, 0.717) is 18.3 Å². The van der Waals surface area contributed by atoms with Gasteiger partial charge in [-0.15, -0.1) is 0 Å². The number of nitrogens with one attached hydrogen (secondary N) is 2. The summed E-state index contributed by atoms with van der Waals surface area (Å²) in [5, 5.41) is 18.7. The van der Waals surface area contributed by atoms with Crippen LogP contribution in [0, 0.1) is 0 Å². The molecule has 0 saturated carbocycles. The minimum atomic E-state index is 0.0926. The predicted molar refractivity (Wildman–Crippen MR) is 120 cm³/mol. The van der Waals surface area contributed by atoms with Crippen LogP contribution in [0.5, 0.6) is 0 Å². The van der Waals surface area contributed by atoms with Crippen LogP contribution >= 0.6 is 0 Å². The van der Waals surface area contributed by atoms with Crippen molar-refractivity contribution in [1.29, 1.82) is 0 Å². The number of pyridine rings is 1. The van der Waals surface area contributed by atoms with Crippen molar-refractivity contribution in [3.63, 3.8) is 0 Å². The van der Waals surface area contributed by atoms with Gasteiger partial charge in [0.1, 0.15) is 6.33 Å². The quantitative estimate of drug-likeness (QED) is 0.471. The number of rotatable bonds is 5. The van der Waals surface area contributed by atoms with Crippen LogP contribution in [0.25, 0.3) is 27.8 Å². The zero-order valence-electron chi connectivity index (χ0n) is 17.7. The zero-order chi connectivity index (χ0) is 20.7. The Balaban J connectivity index is 1.67. The molecule has 0 atom stereocenters. The number of piperidine rings is 1. The van der Waals surface area contributed by atoms with E-state index in [2.05, 4.69) is 58.5 Å². The molecule has 0 radical (unpaired) electrons. The second-order valence-electron chi connectivity index (χ2n) is 8.65. The molecule has 1 aromatic carbocycles. The summed E-state index contributed by atoms with van der Waals surface area (Å²) in [7, 11) is 0. The number of H-pyrrole nitrogens is 1. The summed E-state index contributed by atoms with van der Waals surface area (Å²) in [6.45, 7) is 6.81. The summed E-state index contributed by atoms with van der Waals surface area (Å²) in [5.74, 6) is 1.02. The maximum absolute atomic E-state index is 9.52. The highest BCUT2D eigenvalue weighted by molar-refractivity contribution is 5.92. The van der Waals surface area contributed by atoms with Crippen molar-refractivity contribution in [3.05, 3.63) is 53.5 Å². The molecule has 3 N–H and O–H groups in total. The second kappa shape index (κ2) is 7.85. The van der Waals surface area contributed by atoms with Crippen LogP contribution in [0.1, 0.15) is 55.2 Å². The summed E-state index contributed by atoms with van der Waals surface area (Å²) < 4.78 is 1.82. The van der Waals surface area contributed by atoms with E-state index in [4.69, 9.17) is 0 Å². The van der Waals surface area contributed by atoms with Gasteiger partial charge in [-0.2, -0.15) is 5.10 Å². The first-order valence-electron chi connectivity index (χ1n) is 11.0. The summed E-state index contributed by atoms with van der Waals surface area (Å²) in [5.41, 5.74) is 8.01. The maximum Gasteiger partial charge on any atom is 0.158 e. The number of fused-ring (bicyclic) bond motifs is 2. The van der Waals surface area contributed by atoms with Crippen LogP contribution in [0.15, 0.2) is 36.8 Å². The van der Waals surface area contributed by atoms with Crippen molar-refractivity contribution < 1.29 is 5.11 Å². The molecule has 1 aliphatic heterocycles. The molecule has 4 heterocycles. The Labute approximate surface area is 176 Å². The zero-order valence-corrected chi connectivity index (χ0v) is 17.7. The minimum absolute atomic E-state index is 0.0926. The van der Waals surface area contributed by atoms with E-state index in [1.54, 1.807) is 6.33 Å². The Morgan fingerprint density at radius 2 is 2.03 bits per heavy atom. The van der Waals surface area contributed by atoms with Crippen LogP contribution in [0.3, 0.4) is 0 Å². The van der Waals surface area contributed by atoms with E-state index in [1.165, 1.54) is 34.9 Å². The van der Waals surface area contributed by atoms with E-state index >= 15 is 0 Å². The van der Waals surface area contributed by atoms with Gasteiger partial charge in [-0.3, -0.25) is 0 Å². The summed E-state index contributed by atoms with van der Waals surface area (Å²) in [4.78, 5) is 8.04. The fourth-order valence-electron chi connectivity index (χ4n) is 4.90. The highest BCUT2D eigenvalue weighted by Gasteiger charge is 2.21. The van der Waals surface area contributed by atoms with Crippen LogP contribution in [-0.2, 0) is 6.42 Å². The van der Waals surface area contributed by atoms with E-state index in [-0.39, 0.29) is 6.61 Å². The standard InChI is InChI=1S/C24H29N5O/c1-15(2)22-20-12-17(16-5-8-25-9-6-16)3-4-21(20)28-23(22)19-11-18(7-10-30)24-26-14-27-29(24)13-19/h3-4,11-16,25,28,30H,5-10H2,1-2H3. The molecule has 1 aliphatic rings. The number of aliphatic hydroxyl groups excluding tert-OH is 1. The minimum Gasteiger partial charge on any atom is -0.396 e. The first-order chi connectivity index (χ1) is 14.7. The molecule has 4 aromatic rings. The van der Waals surface area contributed by atoms with Crippen LogP contribution in [0.4, 0.5) is 0 Å². The van der Waals surface area contributed by atoms with Gasteiger partial charge in [0.25, 0.3) is 0 Å². The molecular weight excluding hydrogens is 374 g/mol. The SMILES string of the molecule is CC(C)c1c(-c2cc(CCO)c3ncnn3c2)[nH]c2ccc(C3CCNCC3)cc12. The molecule has 6 heteroatoms. The van der Waals surface area contributed by atoms with Crippen molar-refractivity contribution in [1.82, 2.24) is 24.9 Å². The molecule has 0 bridgehead atoms. The lowest BCUT2D eigenvalue weighted by molar-refractivity contribution is 0.300. The lowest BCUT2D eigenvalue weighted by Gasteiger charge is -2.23. The average Bonchev–Trinajstić information content (AvgIpc) is 3.38. The van der Waals surface area contributed by atoms with E-state index in [1.807, 2.05) is 10.7 Å². The summed E-state index contributed by atoms with van der Waals surface area (Å²) >= 11 is 0. The highest BCUT2D eigenvalue weighted by Crippen LogP contribution is 2.38.